The van der Waals surface area contributed by atoms with E-state index in [9.17, 15) is 19.2 Å². The Morgan fingerprint density at radius 2 is 1.31 bits per heavy atom. The van der Waals surface area contributed by atoms with E-state index in [4.69, 9.17) is 4.74 Å². The van der Waals surface area contributed by atoms with Crippen LogP contribution in [0.1, 0.15) is 114 Å². The molecule has 0 saturated heterocycles. The van der Waals surface area contributed by atoms with Gasteiger partial charge in [-0.15, -0.1) is 0 Å². The summed E-state index contributed by atoms with van der Waals surface area (Å²) in [7, 11) is 1.97. The number of hydrogen-bond donors (Lipinski definition) is 3. The molecule has 4 unspecified atom stereocenters. The van der Waals surface area contributed by atoms with Crippen LogP contribution >= 0.6 is 0 Å². The molecule has 0 aliphatic rings. The summed E-state index contributed by atoms with van der Waals surface area (Å²) in [6.45, 7) is 22.5. The number of nitrogens with zero attached hydrogens (tertiary/aromatic N) is 1. The third-order valence-corrected chi connectivity index (χ3v) is 8.53. The maximum atomic E-state index is 13.0. The summed E-state index contributed by atoms with van der Waals surface area (Å²) in [6.07, 6.45) is 6.00. The molecule has 9 nitrogen and oxygen atoms in total. The first-order valence-corrected chi connectivity index (χ1v) is 16.1. The van der Waals surface area contributed by atoms with Gasteiger partial charge in [-0.1, -0.05) is 68.2 Å². The van der Waals surface area contributed by atoms with Crippen LogP contribution in [0.3, 0.4) is 0 Å². The molecule has 0 aliphatic heterocycles. The second-order valence-corrected chi connectivity index (χ2v) is 13.7. The lowest BCUT2D eigenvalue weighted by atomic mass is 9.87. The Labute approximate surface area is 257 Å². The van der Waals surface area contributed by atoms with Crippen molar-refractivity contribution >= 4 is 23.5 Å². The first kappa shape index (κ1) is 40.0. The van der Waals surface area contributed by atoms with Crippen LogP contribution in [0.2, 0.25) is 0 Å². The molecule has 3 amide bonds. The smallest absolute Gasteiger partial charge is 0.238 e. The quantitative estimate of drug-likeness (QED) is 0.147. The van der Waals surface area contributed by atoms with Gasteiger partial charge in [0.15, 0.2) is 5.78 Å². The summed E-state index contributed by atoms with van der Waals surface area (Å²) in [5, 5.41) is 8.96. The van der Waals surface area contributed by atoms with Crippen molar-refractivity contribution in [2.45, 2.75) is 126 Å². The molecular weight excluding hydrogens is 532 g/mol. The van der Waals surface area contributed by atoms with Crippen molar-refractivity contribution in [2.24, 2.45) is 22.7 Å². The summed E-state index contributed by atoms with van der Waals surface area (Å²) in [4.78, 5) is 50.9. The Balaban J connectivity index is 4.47. The van der Waals surface area contributed by atoms with Crippen molar-refractivity contribution in [3.8, 4) is 0 Å². The first-order chi connectivity index (χ1) is 19.5. The number of carbonyl (C=O) groups is 4. The van der Waals surface area contributed by atoms with E-state index in [1.807, 2.05) is 34.7 Å². The number of ketones is 1. The predicted octanol–water partition coefficient (Wildman–Crippen LogP) is 4.72. The largest absolute Gasteiger partial charge is 0.380 e. The molecule has 0 aromatic rings. The Kier molecular flexibility index (Phi) is 19.1. The second kappa shape index (κ2) is 20.0. The zero-order valence-electron chi connectivity index (χ0n) is 28.8. The van der Waals surface area contributed by atoms with Crippen molar-refractivity contribution in [3.05, 3.63) is 0 Å². The molecule has 0 fully saturated rings. The van der Waals surface area contributed by atoms with Gasteiger partial charge in [-0.25, -0.2) is 0 Å². The lowest BCUT2D eigenvalue weighted by Crippen LogP contribution is -2.53. The highest BCUT2D eigenvalue weighted by Crippen LogP contribution is 2.25. The van der Waals surface area contributed by atoms with Gasteiger partial charge in [0.25, 0.3) is 0 Å². The number of rotatable bonds is 23. The van der Waals surface area contributed by atoms with E-state index >= 15 is 0 Å². The van der Waals surface area contributed by atoms with Crippen LogP contribution in [0.15, 0.2) is 0 Å². The summed E-state index contributed by atoms with van der Waals surface area (Å²) in [5.41, 5.74) is -0.269. The molecule has 0 aromatic carbocycles. The maximum Gasteiger partial charge on any atom is 0.238 e. The summed E-state index contributed by atoms with van der Waals surface area (Å²) in [5.74, 6) is 0.0984. The summed E-state index contributed by atoms with van der Waals surface area (Å²) < 4.78 is 6.09. The zero-order chi connectivity index (χ0) is 32.5. The van der Waals surface area contributed by atoms with Crippen molar-refractivity contribution in [1.82, 2.24) is 20.9 Å². The minimum Gasteiger partial charge on any atom is -0.380 e. The van der Waals surface area contributed by atoms with E-state index < -0.39 is 6.04 Å². The first-order valence-electron chi connectivity index (χ1n) is 16.1. The Morgan fingerprint density at radius 1 is 0.786 bits per heavy atom. The van der Waals surface area contributed by atoms with Gasteiger partial charge in [0.05, 0.1) is 25.3 Å². The molecule has 0 heterocycles. The van der Waals surface area contributed by atoms with Crippen LogP contribution in [-0.4, -0.2) is 80.4 Å². The van der Waals surface area contributed by atoms with Gasteiger partial charge < -0.3 is 20.7 Å². The maximum absolute atomic E-state index is 13.0. The number of amides is 3. The van der Waals surface area contributed by atoms with Crippen molar-refractivity contribution < 1.29 is 23.9 Å². The van der Waals surface area contributed by atoms with Crippen LogP contribution in [-0.2, 0) is 23.9 Å². The van der Waals surface area contributed by atoms with Crippen molar-refractivity contribution in [2.75, 3.05) is 39.9 Å². The number of likely N-dealkylation sites (N-methyl/N-ethyl adjacent to an activating group) is 1. The molecule has 246 valence electrons. The van der Waals surface area contributed by atoms with Gasteiger partial charge in [-0.2, -0.15) is 0 Å². The number of Topliss-reactive ketones (excluding diaryl/α,β-unsaturated/α-hetero) is 1. The fourth-order valence-corrected chi connectivity index (χ4v) is 4.97. The van der Waals surface area contributed by atoms with Crippen LogP contribution < -0.4 is 16.0 Å². The van der Waals surface area contributed by atoms with Gasteiger partial charge in [-0.05, 0) is 58.0 Å². The van der Waals surface area contributed by atoms with E-state index in [1.165, 1.54) is 13.8 Å². The molecular formula is C33H64N4O5. The van der Waals surface area contributed by atoms with Crippen LogP contribution in [0.5, 0.6) is 0 Å². The van der Waals surface area contributed by atoms with E-state index in [1.54, 1.807) is 0 Å². The Bertz CT molecular complexity index is 833. The lowest BCUT2D eigenvalue weighted by molar-refractivity contribution is -0.132. The van der Waals surface area contributed by atoms with Crippen LogP contribution in [0.25, 0.3) is 0 Å². The predicted molar refractivity (Wildman–Crippen MR) is 171 cm³/mol. The third kappa shape index (κ3) is 16.0. The van der Waals surface area contributed by atoms with E-state index in [0.717, 1.165) is 45.1 Å². The fraction of sp³-hybridized carbons (Fsp3) is 0.879. The number of hydrogen-bond acceptors (Lipinski definition) is 6. The molecule has 0 spiro atoms. The topological polar surface area (TPSA) is 117 Å². The molecule has 42 heavy (non-hydrogen) atoms. The molecule has 0 aromatic heterocycles. The van der Waals surface area contributed by atoms with E-state index in [-0.39, 0.29) is 52.2 Å². The van der Waals surface area contributed by atoms with Crippen molar-refractivity contribution in [1.29, 1.82) is 0 Å². The second-order valence-electron chi connectivity index (χ2n) is 13.7. The van der Waals surface area contributed by atoms with Crippen molar-refractivity contribution in [3.63, 3.8) is 0 Å². The Hall–Kier alpha value is -2.00. The molecule has 4 atom stereocenters. The van der Waals surface area contributed by atoms with Gasteiger partial charge >= 0.3 is 0 Å². The summed E-state index contributed by atoms with van der Waals surface area (Å²) >= 11 is 0. The average molecular weight is 597 g/mol. The van der Waals surface area contributed by atoms with E-state index in [0.29, 0.717) is 32.7 Å². The van der Waals surface area contributed by atoms with Crippen LogP contribution in [0.4, 0.5) is 0 Å². The number of unbranched alkanes of at least 4 members (excludes halogenated alkanes) is 3. The highest BCUT2D eigenvalue weighted by Gasteiger charge is 2.30. The molecule has 9 heteroatoms. The Morgan fingerprint density at radius 3 is 1.76 bits per heavy atom. The van der Waals surface area contributed by atoms with Gasteiger partial charge in [0.1, 0.15) is 0 Å². The SMILES string of the molecule is CCC(C)(CNC(C)=O)COCC(C)(CC)CNC(=O)CCCCCCN(C)C(C(=O)NC(C(C)=O)C(C)C)C(C)C. The monoisotopic (exact) mass is 596 g/mol. The highest BCUT2D eigenvalue weighted by molar-refractivity contribution is 5.90. The van der Waals surface area contributed by atoms with Gasteiger partial charge in [0.2, 0.25) is 17.7 Å². The molecule has 0 bridgehead atoms. The average Bonchev–Trinajstić information content (AvgIpc) is 2.90. The standard InChI is InChI=1S/C33H64N4O5/c1-12-32(9,20-34-27(8)39)22-42-23-33(10,13-2)21-35-28(40)18-16-14-15-17-19-37(11)30(25(5)6)31(41)36-29(24(3)4)26(7)38/h24-25,29-30H,12-23H2,1-11H3,(H,34,39)(H,35,40)(H,36,41). The minimum absolute atomic E-state index is 0.0186. The van der Waals surface area contributed by atoms with Crippen LogP contribution in [0, 0.1) is 22.7 Å². The van der Waals surface area contributed by atoms with Gasteiger partial charge in [0, 0.05) is 37.3 Å². The molecule has 0 aliphatic carbocycles. The number of carbonyl (C=O) groups excluding carboxylic acids is 4. The molecule has 0 rings (SSSR count). The zero-order valence-corrected chi connectivity index (χ0v) is 28.8. The number of ether oxygens (including phenoxy) is 1. The molecule has 0 radical (unpaired) electrons. The fourth-order valence-electron chi connectivity index (χ4n) is 4.97. The normalized spacial score (nSPS) is 16.0. The summed E-state index contributed by atoms with van der Waals surface area (Å²) in [6, 6.07) is -0.750. The highest BCUT2D eigenvalue weighted by atomic mass is 16.5. The lowest BCUT2D eigenvalue weighted by Gasteiger charge is -2.32. The molecule has 3 N–H and O–H groups in total. The van der Waals surface area contributed by atoms with Gasteiger partial charge in [-0.3, -0.25) is 24.1 Å². The number of nitrogens with one attached hydrogen (secondary N) is 3. The minimum atomic E-state index is -0.459. The third-order valence-electron chi connectivity index (χ3n) is 8.53. The van der Waals surface area contributed by atoms with E-state index in [2.05, 4.69) is 48.5 Å². The molecule has 0 saturated carbocycles.